The number of ether oxygens (including phenoxy) is 1. The summed E-state index contributed by atoms with van der Waals surface area (Å²) in [5, 5.41) is -1.15. The molecule has 0 heterocycles. The number of esters is 1. The fourth-order valence-corrected chi connectivity index (χ4v) is 4.73. The molecular formula is C16H16ClFO5S. The van der Waals surface area contributed by atoms with E-state index < -0.39 is 32.6 Å². The van der Waals surface area contributed by atoms with Gasteiger partial charge in [0.05, 0.1) is 23.2 Å². The van der Waals surface area contributed by atoms with Crippen molar-refractivity contribution in [3.05, 3.63) is 46.3 Å². The van der Waals surface area contributed by atoms with Crippen molar-refractivity contribution in [2.45, 2.75) is 30.8 Å². The van der Waals surface area contributed by atoms with Crippen LogP contribution in [0, 0.1) is 5.82 Å². The van der Waals surface area contributed by atoms with E-state index in [1.165, 1.54) is 6.07 Å². The highest BCUT2D eigenvalue weighted by atomic mass is 35.5. The molecule has 130 valence electrons. The zero-order valence-electron chi connectivity index (χ0n) is 12.9. The van der Waals surface area contributed by atoms with Crippen molar-refractivity contribution < 1.29 is 27.1 Å². The van der Waals surface area contributed by atoms with Gasteiger partial charge in [0.25, 0.3) is 0 Å². The Morgan fingerprint density at radius 1 is 1.42 bits per heavy atom. The topological polar surface area (TPSA) is 77.5 Å². The summed E-state index contributed by atoms with van der Waals surface area (Å²) in [7, 11) is -3.84. The normalized spacial score (nSPS) is 18.2. The van der Waals surface area contributed by atoms with Gasteiger partial charge in [-0.05, 0) is 37.1 Å². The first-order valence-corrected chi connectivity index (χ1v) is 9.41. The zero-order valence-corrected chi connectivity index (χ0v) is 14.5. The number of carbonyl (C=O) groups is 2. The van der Waals surface area contributed by atoms with Crippen LogP contribution in [0.2, 0.25) is 5.02 Å². The Hall–Kier alpha value is -1.73. The molecule has 8 heteroatoms. The molecule has 0 aromatic heterocycles. The van der Waals surface area contributed by atoms with E-state index in [-0.39, 0.29) is 41.4 Å². The fourth-order valence-electron chi connectivity index (χ4n) is 2.50. The van der Waals surface area contributed by atoms with Gasteiger partial charge in [0.1, 0.15) is 5.82 Å². The van der Waals surface area contributed by atoms with Crippen LogP contribution in [0.25, 0.3) is 0 Å². The maximum absolute atomic E-state index is 13.1. The monoisotopic (exact) mass is 374 g/mol. The van der Waals surface area contributed by atoms with E-state index in [4.69, 9.17) is 16.3 Å². The Labute approximate surface area is 144 Å². The number of carbonyl (C=O) groups excluding carboxylic acids is 2. The molecule has 0 spiro atoms. The van der Waals surface area contributed by atoms with Crippen molar-refractivity contribution >= 4 is 33.2 Å². The minimum atomic E-state index is -3.84. The molecule has 0 bridgehead atoms. The van der Waals surface area contributed by atoms with Crippen LogP contribution >= 0.6 is 11.6 Å². The number of allylic oxidation sites excluding steroid dienone is 1. The number of hydrogen-bond donors (Lipinski definition) is 0. The molecule has 1 aromatic rings. The van der Waals surface area contributed by atoms with Gasteiger partial charge in [0.2, 0.25) is 0 Å². The predicted octanol–water partition coefficient (Wildman–Crippen LogP) is 2.61. The van der Waals surface area contributed by atoms with Crippen LogP contribution < -0.4 is 0 Å². The first-order valence-electron chi connectivity index (χ1n) is 7.31. The number of rotatable bonds is 5. The molecule has 0 saturated heterocycles. The number of hydrogen-bond acceptors (Lipinski definition) is 5. The summed E-state index contributed by atoms with van der Waals surface area (Å²) in [6, 6.07) is 3.43. The highest BCUT2D eigenvalue weighted by molar-refractivity contribution is 7.91. The largest absolute Gasteiger partial charge is 0.463 e. The third-order valence-electron chi connectivity index (χ3n) is 3.63. The first-order chi connectivity index (χ1) is 11.2. The predicted molar refractivity (Wildman–Crippen MR) is 86.8 cm³/mol. The van der Waals surface area contributed by atoms with E-state index in [0.29, 0.717) is 0 Å². The van der Waals surface area contributed by atoms with E-state index in [1.54, 1.807) is 6.92 Å². The quantitative estimate of drug-likeness (QED) is 0.740. The molecule has 1 aliphatic rings. The molecule has 1 unspecified atom stereocenters. The molecule has 0 fully saturated rings. The van der Waals surface area contributed by atoms with E-state index in [0.717, 1.165) is 18.2 Å². The fraction of sp³-hybridized carbons (Fsp3) is 0.375. The Morgan fingerprint density at radius 2 is 2.12 bits per heavy atom. The lowest BCUT2D eigenvalue weighted by molar-refractivity contribution is -0.139. The molecule has 0 saturated carbocycles. The average Bonchev–Trinajstić information content (AvgIpc) is 2.50. The zero-order chi connectivity index (χ0) is 17.9. The summed E-state index contributed by atoms with van der Waals surface area (Å²) in [4.78, 5) is 23.5. The van der Waals surface area contributed by atoms with Gasteiger partial charge in [-0.25, -0.2) is 17.6 Å². The SMILES string of the molecule is CCOC(=O)C1=CC(=O)CCC1S(=O)(=O)Cc1ccc(F)cc1Cl. The van der Waals surface area contributed by atoms with E-state index in [1.807, 2.05) is 0 Å². The van der Waals surface area contributed by atoms with Crippen LogP contribution in [-0.2, 0) is 29.9 Å². The van der Waals surface area contributed by atoms with Gasteiger partial charge in [0, 0.05) is 11.4 Å². The van der Waals surface area contributed by atoms with Gasteiger partial charge >= 0.3 is 5.97 Å². The number of sulfone groups is 1. The maximum atomic E-state index is 13.1. The van der Waals surface area contributed by atoms with Crippen molar-refractivity contribution in [2.75, 3.05) is 6.61 Å². The molecular weight excluding hydrogens is 359 g/mol. The van der Waals surface area contributed by atoms with Crippen molar-refractivity contribution in [1.29, 1.82) is 0 Å². The van der Waals surface area contributed by atoms with Crippen molar-refractivity contribution in [2.24, 2.45) is 0 Å². The second-order valence-electron chi connectivity index (χ2n) is 5.36. The summed E-state index contributed by atoms with van der Waals surface area (Å²) in [5.41, 5.74) is 0.0736. The molecule has 2 rings (SSSR count). The summed E-state index contributed by atoms with van der Waals surface area (Å²) < 4.78 is 43.3. The maximum Gasteiger partial charge on any atom is 0.335 e. The van der Waals surface area contributed by atoms with Gasteiger partial charge in [-0.3, -0.25) is 4.79 Å². The third kappa shape index (κ3) is 4.21. The van der Waals surface area contributed by atoms with Gasteiger partial charge in [-0.1, -0.05) is 17.7 Å². The van der Waals surface area contributed by atoms with Crippen LogP contribution in [0.4, 0.5) is 4.39 Å². The van der Waals surface area contributed by atoms with Gasteiger partial charge in [-0.2, -0.15) is 0 Å². The van der Waals surface area contributed by atoms with Crippen LogP contribution in [0.5, 0.6) is 0 Å². The van der Waals surface area contributed by atoms with Gasteiger partial charge < -0.3 is 4.74 Å². The third-order valence-corrected chi connectivity index (χ3v) is 6.05. The van der Waals surface area contributed by atoms with E-state index in [2.05, 4.69) is 0 Å². The minimum Gasteiger partial charge on any atom is -0.463 e. The standard InChI is InChI=1S/C16H16ClFO5S/c1-2-23-16(20)13-8-12(19)5-6-15(13)24(21,22)9-10-3-4-11(18)7-14(10)17/h3-4,7-8,15H,2,5-6,9H2,1H3. The molecule has 0 radical (unpaired) electrons. The van der Waals surface area contributed by atoms with Crippen molar-refractivity contribution in [1.82, 2.24) is 0 Å². The van der Waals surface area contributed by atoms with Crippen molar-refractivity contribution in [3.8, 4) is 0 Å². The lowest BCUT2D eigenvalue weighted by Crippen LogP contribution is -2.33. The second-order valence-corrected chi connectivity index (χ2v) is 7.95. The Morgan fingerprint density at radius 3 is 2.75 bits per heavy atom. The van der Waals surface area contributed by atoms with Crippen LogP contribution in [0.3, 0.4) is 0 Å². The molecule has 0 aliphatic heterocycles. The van der Waals surface area contributed by atoms with E-state index in [9.17, 15) is 22.4 Å². The molecule has 24 heavy (non-hydrogen) atoms. The molecule has 0 amide bonds. The van der Waals surface area contributed by atoms with Crippen molar-refractivity contribution in [3.63, 3.8) is 0 Å². The Balaban J connectivity index is 2.34. The summed E-state index contributed by atoms with van der Waals surface area (Å²) in [6.45, 7) is 1.66. The second kappa shape index (κ2) is 7.44. The highest BCUT2D eigenvalue weighted by Gasteiger charge is 2.37. The highest BCUT2D eigenvalue weighted by Crippen LogP contribution is 2.29. The average molecular weight is 375 g/mol. The number of halogens is 2. The first kappa shape index (κ1) is 18.6. The van der Waals surface area contributed by atoms with Crippen LogP contribution in [0.1, 0.15) is 25.3 Å². The van der Waals surface area contributed by atoms with Gasteiger partial charge in [-0.15, -0.1) is 0 Å². The molecule has 1 aliphatic carbocycles. The van der Waals surface area contributed by atoms with Crippen LogP contribution in [-0.4, -0.2) is 32.0 Å². The number of ketones is 1. The molecule has 1 aromatic carbocycles. The van der Waals surface area contributed by atoms with E-state index >= 15 is 0 Å². The summed E-state index contributed by atoms with van der Waals surface area (Å²) in [5.74, 6) is -2.16. The number of benzene rings is 1. The lowest BCUT2D eigenvalue weighted by Gasteiger charge is -2.22. The molecule has 5 nitrogen and oxygen atoms in total. The lowest BCUT2D eigenvalue weighted by atomic mass is 9.98. The molecule has 0 N–H and O–H groups in total. The minimum absolute atomic E-state index is 0.00459. The summed E-state index contributed by atoms with van der Waals surface area (Å²) >= 11 is 5.88. The van der Waals surface area contributed by atoms with Crippen LogP contribution in [0.15, 0.2) is 29.8 Å². The summed E-state index contributed by atoms with van der Waals surface area (Å²) in [6.07, 6.45) is 1.07. The smallest absolute Gasteiger partial charge is 0.335 e. The molecule has 1 atom stereocenters. The Bertz CT molecular complexity index is 801. The Kier molecular flexibility index (Phi) is 5.77. The van der Waals surface area contributed by atoms with Gasteiger partial charge in [0.15, 0.2) is 15.6 Å².